The van der Waals surface area contributed by atoms with Crippen molar-refractivity contribution in [2.45, 2.75) is 45.1 Å². The maximum absolute atomic E-state index is 12.3. The Morgan fingerprint density at radius 1 is 1.37 bits per heavy atom. The monoisotopic (exact) mass is 262 g/mol. The number of rotatable bonds is 6. The van der Waals surface area contributed by atoms with Crippen molar-refractivity contribution in [1.82, 2.24) is 0 Å². The van der Waals surface area contributed by atoms with Gasteiger partial charge >= 0.3 is 0 Å². The second-order valence-corrected chi connectivity index (χ2v) is 4.96. The summed E-state index contributed by atoms with van der Waals surface area (Å²) in [7, 11) is 0. The number of carbonyl (C=O) groups excluding carboxylic acids is 1. The Morgan fingerprint density at radius 3 is 2.95 bits per heavy atom. The number of benzene rings is 1. The molecule has 0 saturated carbocycles. The molecule has 1 aliphatic heterocycles. The Labute approximate surface area is 114 Å². The number of para-hydroxylation sites is 1. The normalized spacial score (nSPS) is 19.1. The Balaban J connectivity index is 2.00. The molecule has 0 aromatic heterocycles. The maximum atomic E-state index is 12.3. The minimum absolute atomic E-state index is 0.0838. The van der Waals surface area contributed by atoms with Crippen LogP contribution in [0.15, 0.2) is 24.3 Å². The minimum Gasteiger partial charge on any atom is -0.493 e. The van der Waals surface area contributed by atoms with E-state index < -0.39 is 0 Å². The molecular weight excluding hydrogens is 240 g/mol. The van der Waals surface area contributed by atoms with Crippen LogP contribution >= 0.6 is 0 Å². The quantitative estimate of drug-likeness (QED) is 0.735. The average molecular weight is 262 g/mol. The summed E-state index contributed by atoms with van der Waals surface area (Å²) in [4.78, 5) is 12.3. The summed E-state index contributed by atoms with van der Waals surface area (Å²) in [5, 5.41) is 0. The molecule has 19 heavy (non-hydrogen) atoms. The summed E-state index contributed by atoms with van der Waals surface area (Å²) < 4.78 is 11.3. The van der Waals surface area contributed by atoms with Crippen molar-refractivity contribution >= 4 is 5.78 Å². The summed E-state index contributed by atoms with van der Waals surface area (Å²) in [5.74, 6) is 0.823. The summed E-state index contributed by atoms with van der Waals surface area (Å²) in [6, 6.07) is 7.49. The number of Topliss-reactive ketones (excluding diaryl/α,β-unsaturated/α-hetero) is 1. The average Bonchev–Trinajstić information content (AvgIpc) is 2.46. The molecule has 0 amide bonds. The third-order valence-corrected chi connectivity index (χ3v) is 3.34. The van der Waals surface area contributed by atoms with Crippen LogP contribution < -0.4 is 4.74 Å². The number of hydrogen-bond donors (Lipinski definition) is 0. The standard InChI is InChI=1S/C16H22O3/c1-2-10-19-16-9-4-3-8-14(16)15(17)12-13-7-5-6-11-18-13/h3-4,8-9,13H,2,5-7,10-12H2,1H3. The lowest BCUT2D eigenvalue weighted by Crippen LogP contribution is -2.22. The number of hydrogen-bond acceptors (Lipinski definition) is 3. The molecule has 104 valence electrons. The smallest absolute Gasteiger partial charge is 0.169 e. The fraction of sp³-hybridized carbons (Fsp3) is 0.562. The molecular formula is C16H22O3. The summed E-state index contributed by atoms with van der Waals surface area (Å²) in [6.45, 7) is 3.48. The van der Waals surface area contributed by atoms with E-state index in [0.717, 1.165) is 32.3 Å². The van der Waals surface area contributed by atoms with E-state index in [1.165, 1.54) is 0 Å². The van der Waals surface area contributed by atoms with Gasteiger partial charge in [-0.05, 0) is 37.8 Å². The minimum atomic E-state index is 0.0838. The van der Waals surface area contributed by atoms with Gasteiger partial charge in [0.25, 0.3) is 0 Å². The molecule has 1 aromatic carbocycles. The topological polar surface area (TPSA) is 35.5 Å². The molecule has 0 spiro atoms. The number of ketones is 1. The SMILES string of the molecule is CCCOc1ccccc1C(=O)CC1CCCCO1. The molecule has 1 fully saturated rings. The van der Waals surface area contributed by atoms with Crippen molar-refractivity contribution < 1.29 is 14.3 Å². The van der Waals surface area contributed by atoms with Crippen LogP contribution in [0.1, 0.15) is 49.4 Å². The van der Waals surface area contributed by atoms with Crippen LogP contribution in [0, 0.1) is 0 Å². The van der Waals surface area contributed by atoms with E-state index in [1.54, 1.807) is 0 Å². The molecule has 1 saturated heterocycles. The molecule has 2 rings (SSSR count). The van der Waals surface area contributed by atoms with Gasteiger partial charge in [-0.3, -0.25) is 4.79 Å². The molecule has 3 nitrogen and oxygen atoms in total. The van der Waals surface area contributed by atoms with E-state index in [1.807, 2.05) is 24.3 Å². The van der Waals surface area contributed by atoms with Gasteiger partial charge in [-0.15, -0.1) is 0 Å². The van der Waals surface area contributed by atoms with Crippen LogP contribution in [0.4, 0.5) is 0 Å². The Bertz CT molecular complexity index is 408. The number of ether oxygens (including phenoxy) is 2. The van der Waals surface area contributed by atoms with Crippen molar-refractivity contribution in [1.29, 1.82) is 0 Å². The molecule has 3 heteroatoms. The summed E-state index contributed by atoms with van der Waals surface area (Å²) >= 11 is 0. The first-order valence-corrected chi connectivity index (χ1v) is 7.18. The molecule has 1 heterocycles. The highest BCUT2D eigenvalue weighted by Crippen LogP contribution is 2.23. The van der Waals surface area contributed by atoms with Gasteiger partial charge in [0.05, 0.1) is 18.3 Å². The second-order valence-electron chi connectivity index (χ2n) is 4.96. The molecule has 0 N–H and O–H groups in total. The van der Waals surface area contributed by atoms with Gasteiger partial charge in [0, 0.05) is 13.0 Å². The molecule has 1 atom stereocenters. The van der Waals surface area contributed by atoms with Gasteiger partial charge in [0.15, 0.2) is 5.78 Å². The Hall–Kier alpha value is -1.35. The van der Waals surface area contributed by atoms with E-state index in [9.17, 15) is 4.79 Å². The van der Waals surface area contributed by atoms with Crippen molar-refractivity contribution in [3.63, 3.8) is 0 Å². The van der Waals surface area contributed by atoms with Crippen LogP contribution in [-0.2, 0) is 4.74 Å². The first kappa shape index (κ1) is 14.1. The zero-order valence-corrected chi connectivity index (χ0v) is 11.6. The van der Waals surface area contributed by atoms with E-state index in [0.29, 0.717) is 24.3 Å². The zero-order chi connectivity index (χ0) is 13.5. The highest BCUT2D eigenvalue weighted by molar-refractivity contribution is 5.98. The van der Waals surface area contributed by atoms with Crippen LogP contribution in [0.2, 0.25) is 0 Å². The van der Waals surface area contributed by atoms with E-state index in [-0.39, 0.29) is 11.9 Å². The number of carbonyl (C=O) groups is 1. The highest BCUT2D eigenvalue weighted by atomic mass is 16.5. The van der Waals surface area contributed by atoms with Crippen molar-refractivity contribution in [2.75, 3.05) is 13.2 Å². The van der Waals surface area contributed by atoms with Gasteiger partial charge in [0.1, 0.15) is 5.75 Å². The van der Waals surface area contributed by atoms with Crippen molar-refractivity contribution in [2.24, 2.45) is 0 Å². The zero-order valence-electron chi connectivity index (χ0n) is 11.6. The molecule has 0 aliphatic carbocycles. The third-order valence-electron chi connectivity index (χ3n) is 3.34. The van der Waals surface area contributed by atoms with Crippen LogP contribution in [0.25, 0.3) is 0 Å². The Morgan fingerprint density at radius 2 is 2.21 bits per heavy atom. The molecule has 0 radical (unpaired) electrons. The summed E-state index contributed by atoms with van der Waals surface area (Å²) in [6.07, 6.45) is 4.75. The van der Waals surface area contributed by atoms with Gasteiger partial charge in [0.2, 0.25) is 0 Å². The fourth-order valence-corrected chi connectivity index (χ4v) is 2.32. The maximum Gasteiger partial charge on any atom is 0.169 e. The highest BCUT2D eigenvalue weighted by Gasteiger charge is 2.20. The molecule has 0 bridgehead atoms. The van der Waals surface area contributed by atoms with Crippen LogP contribution in [-0.4, -0.2) is 25.1 Å². The third kappa shape index (κ3) is 4.06. The van der Waals surface area contributed by atoms with Gasteiger partial charge in [-0.1, -0.05) is 19.1 Å². The van der Waals surface area contributed by atoms with Gasteiger partial charge in [-0.2, -0.15) is 0 Å². The van der Waals surface area contributed by atoms with Crippen LogP contribution in [0.5, 0.6) is 5.75 Å². The second kappa shape index (κ2) is 7.29. The lowest BCUT2D eigenvalue weighted by molar-refractivity contribution is 0.0128. The first-order valence-electron chi connectivity index (χ1n) is 7.18. The van der Waals surface area contributed by atoms with Gasteiger partial charge < -0.3 is 9.47 Å². The van der Waals surface area contributed by atoms with Crippen molar-refractivity contribution in [3.8, 4) is 5.75 Å². The largest absolute Gasteiger partial charge is 0.493 e. The van der Waals surface area contributed by atoms with Crippen LogP contribution in [0.3, 0.4) is 0 Å². The molecule has 1 aromatic rings. The molecule has 1 aliphatic rings. The van der Waals surface area contributed by atoms with E-state index in [2.05, 4.69) is 6.92 Å². The summed E-state index contributed by atoms with van der Waals surface area (Å²) in [5.41, 5.74) is 0.685. The molecule has 1 unspecified atom stereocenters. The lowest BCUT2D eigenvalue weighted by atomic mass is 9.99. The fourth-order valence-electron chi connectivity index (χ4n) is 2.32. The van der Waals surface area contributed by atoms with E-state index in [4.69, 9.17) is 9.47 Å². The Kier molecular flexibility index (Phi) is 5.40. The van der Waals surface area contributed by atoms with E-state index >= 15 is 0 Å². The lowest BCUT2D eigenvalue weighted by Gasteiger charge is -2.22. The predicted molar refractivity (Wildman–Crippen MR) is 74.8 cm³/mol. The predicted octanol–water partition coefficient (Wildman–Crippen LogP) is 3.62. The first-order chi connectivity index (χ1) is 9.31. The van der Waals surface area contributed by atoms with Crippen molar-refractivity contribution in [3.05, 3.63) is 29.8 Å². The van der Waals surface area contributed by atoms with Gasteiger partial charge in [-0.25, -0.2) is 0 Å².